The van der Waals surface area contributed by atoms with Crippen molar-refractivity contribution >= 4 is 15.9 Å². The molecule has 1 rings (SSSR count). The Morgan fingerprint density at radius 3 is 2.47 bits per heavy atom. The standard InChI is InChI=1S/C17H28BrN/c1-4-5-6-7-8-9-13-17(19-3)15-11-10-12-16(18)14(15)2/h10-12,17,19H,4-9,13H2,1-3H3. The smallest absolute Gasteiger partial charge is 0.0320 e. The topological polar surface area (TPSA) is 12.0 Å². The molecule has 108 valence electrons. The summed E-state index contributed by atoms with van der Waals surface area (Å²) < 4.78 is 1.22. The highest BCUT2D eigenvalue weighted by atomic mass is 79.9. The number of hydrogen-bond donors (Lipinski definition) is 1. The van der Waals surface area contributed by atoms with Gasteiger partial charge < -0.3 is 5.32 Å². The summed E-state index contributed by atoms with van der Waals surface area (Å²) in [5.41, 5.74) is 2.80. The summed E-state index contributed by atoms with van der Waals surface area (Å²) in [7, 11) is 2.07. The molecule has 1 aromatic rings. The van der Waals surface area contributed by atoms with Gasteiger partial charge in [-0.3, -0.25) is 0 Å². The lowest BCUT2D eigenvalue weighted by molar-refractivity contribution is 0.496. The number of hydrogen-bond acceptors (Lipinski definition) is 1. The third-order valence-electron chi connectivity index (χ3n) is 3.88. The summed E-state index contributed by atoms with van der Waals surface area (Å²) in [6.07, 6.45) is 9.43. The first-order valence-electron chi connectivity index (χ1n) is 7.63. The van der Waals surface area contributed by atoms with E-state index >= 15 is 0 Å². The van der Waals surface area contributed by atoms with Gasteiger partial charge in [0, 0.05) is 10.5 Å². The zero-order valence-electron chi connectivity index (χ0n) is 12.6. The Morgan fingerprint density at radius 2 is 1.79 bits per heavy atom. The summed E-state index contributed by atoms with van der Waals surface area (Å²) in [5.74, 6) is 0. The predicted molar refractivity (Wildman–Crippen MR) is 88.7 cm³/mol. The largest absolute Gasteiger partial charge is 0.313 e. The molecular formula is C17H28BrN. The van der Waals surface area contributed by atoms with Gasteiger partial charge >= 0.3 is 0 Å². The lowest BCUT2D eigenvalue weighted by Crippen LogP contribution is -2.17. The molecule has 1 atom stereocenters. The van der Waals surface area contributed by atoms with Crippen LogP contribution in [-0.2, 0) is 0 Å². The first-order valence-corrected chi connectivity index (χ1v) is 8.42. The minimum atomic E-state index is 0.490. The van der Waals surface area contributed by atoms with Crippen LogP contribution in [0.1, 0.15) is 69.0 Å². The van der Waals surface area contributed by atoms with Crippen LogP contribution in [0.2, 0.25) is 0 Å². The van der Waals surface area contributed by atoms with E-state index in [-0.39, 0.29) is 0 Å². The third kappa shape index (κ3) is 5.66. The molecule has 0 aromatic heterocycles. The molecule has 0 fully saturated rings. The zero-order valence-corrected chi connectivity index (χ0v) is 14.2. The lowest BCUT2D eigenvalue weighted by atomic mass is 9.96. The van der Waals surface area contributed by atoms with Crippen LogP contribution in [0.3, 0.4) is 0 Å². The normalized spacial score (nSPS) is 12.6. The number of halogens is 1. The van der Waals surface area contributed by atoms with Crippen LogP contribution >= 0.6 is 15.9 Å². The first kappa shape index (κ1) is 16.7. The van der Waals surface area contributed by atoms with Gasteiger partial charge in [0.2, 0.25) is 0 Å². The van der Waals surface area contributed by atoms with Crippen molar-refractivity contribution in [2.45, 2.75) is 64.8 Å². The van der Waals surface area contributed by atoms with Crippen LogP contribution in [0, 0.1) is 6.92 Å². The maximum atomic E-state index is 3.63. The Kier molecular flexibility index (Phi) is 8.40. The summed E-state index contributed by atoms with van der Waals surface area (Å²) >= 11 is 3.63. The Morgan fingerprint density at radius 1 is 1.11 bits per heavy atom. The molecule has 1 aromatic carbocycles. The number of rotatable bonds is 9. The van der Waals surface area contributed by atoms with Gasteiger partial charge in [-0.25, -0.2) is 0 Å². The van der Waals surface area contributed by atoms with Crippen molar-refractivity contribution in [3.63, 3.8) is 0 Å². The van der Waals surface area contributed by atoms with E-state index in [0.29, 0.717) is 6.04 Å². The summed E-state index contributed by atoms with van der Waals surface area (Å²) in [4.78, 5) is 0. The molecule has 0 bridgehead atoms. The fourth-order valence-electron chi connectivity index (χ4n) is 2.59. The average molecular weight is 326 g/mol. The van der Waals surface area contributed by atoms with Gasteiger partial charge in [0.15, 0.2) is 0 Å². The minimum Gasteiger partial charge on any atom is -0.313 e. The lowest BCUT2D eigenvalue weighted by Gasteiger charge is -2.19. The van der Waals surface area contributed by atoms with E-state index in [1.807, 2.05) is 0 Å². The fourth-order valence-corrected chi connectivity index (χ4v) is 2.97. The van der Waals surface area contributed by atoms with Crippen molar-refractivity contribution in [2.24, 2.45) is 0 Å². The highest BCUT2D eigenvalue weighted by Gasteiger charge is 2.12. The van der Waals surface area contributed by atoms with Crippen LogP contribution in [0.4, 0.5) is 0 Å². The maximum Gasteiger partial charge on any atom is 0.0320 e. The van der Waals surface area contributed by atoms with E-state index in [9.17, 15) is 0 Å². The Bertz CT molecular complexity index is 362. The molecule has 0 radical (unpaired) electrons. The van der Waals surface area contributed by atoms with Crippen molar-refractivity contribution in [3.05, 3.63) is 33.8 Å². The Hall–Kier alpha value is -0.340. The van der Waals surface area contributed by atoms with Crippen molar-refractivity contribution in [2.75, 3.05) is 7.05 Å². The van der Waals surface area contributed by atoms with Crippen molar-refractivity contribution < 1.29 is 0 Å². The molecule has 0 heterocycles. The Balaban J connectivity index is 2.43. The SMILES string of the molecule is CCCCCCCCC(NC)c1cccc(Br)c1C. The summed E-state index contributed by atoms with van der Waals surface area (Å²) in [6.45, 7) is 4.47. The maximum absolute atomic E-state index is 3.63. The van der Waals surface area contributed by atoms with E-state index in [1.165, 1.54) is 60.5 Å². The molecule has 0 spiro atoms. The van der Waals surface area contributed by atoms with Crippen molar-refractivity contribution in [1.29, 1.82) is 0 Å². The summed E-state index contributed by atoms with van der Waals surface area (Å²) in [5, 5.41) is 3.47. The first-order chi connectivity index (χ1) is 9.20. The van der Waals surface area contributed by atoms with Gasteiger partial charge in [-0.05, 0) is 37.6 Å². The second-order valence-corrected chi connectivity index (χ2v) is 6.21. The summed E-state index contributed by atoms with van der Waals surface area (Å²) in [6, 6.07) is 7.00. The number of nitrogens with one attached hydrogen (secondary N) is 1. The van der Waals surface area contributed by atoms with E-state index in [4.69, 9.17) is 0 Å². The molecule has 0 aliphatic rings. The van der Waals surface area contributed by atoms with E-state index in [0.717, 1.165) is 0 Å². The monoisotopic (exact) mass is 325 g/mol. The highest BCUT2D eigenvalue weighted by Crippen LogP contribution is 2.27. The molecule has 0 saturated heterocycles. The fraction of sp³-hybridized carbons (Fsp3) is 0.647. The van der Waals surface area contributed by atoms with Crippen LogP contribution < -0.4 is 5.32 Å². The van der Waals surface area contributed by atoms with Crippen molar-refractivity contribution in [1.82, 2.24) is 5.32 Å². The van der Waals surface area contributed by atoms with Gasteiger partial charge in [-0.1, -0.05) is 73.5 Å². The van der Waals surface area contributed by atoms with Gasteiger partial charge in [0.05, 0.1) is 0 Å². The highest BCUT2D eigenvalue weighted by molar-refractivity contribution is 9.10. The Labute approximate surface area is 127 Å². The van der Waals surface area contributed by atoms with E-state index in [1.54, 1.807) is 0 Å². The molecule has 0 aliphatic carbocycles. The predicted octanol–water partition coefficient (Wildman–Crippen LogP) is 5.77. The second-order valence-electron chi connectivity index (χ2n) is 5.35. The molecule has 1 unspecified atom stereocenters. The van der Waals surface area contributed by atoms with E-state index < -0.39 is 0 Å². The number of benzene rings is 1. The molecule has 0 aliphatic heterocycles. The molecule has 1 N–H and O–H groups in total. The molecule has 0 saturated carbocycles. The molecular weight excluding hydrogens is 298 g/mol. The third-order valence-corrected chi connectivity index (χ3v) is 4.74. The van der Waals surface area contributed by atoms with Crippen LogP contribution in [0.25, 0.3) is 0 Å². The van der Waals surface area contributed by atoms with Gasteiger partial charge in [-0.2, -0.15) is 0 Å². The molecule has 19 heavy (non-hydrogen) atoms. The molecule has 1 nitrogen and oxygen atoms in total. The average Bonchev–Trinajstić information content (AvgIpc) is 2.42. The van der Waals surface area contributed by atoms with Gasteiger partial charge in [-0.15, -0.1) is 0 Å². The molecule has 0 amide bonds. The quantitative estimate of drug-likeness (QED) is 0.568. The van der Waals surface area contributed by atoms with Gasteiger partial charge in [0.25, 0.3) is 0 Å². The van der Waals surface area contributed by atoms with Gasteiger partial charge in [0.1, 0.15) is 0 Å². The number of unbranched alkanes of at least 4 members (excludes halogenated alkanes) is 5. The minimum absolute atomic E-state index is 0.490. The van der Waals surface area contributed by atoms with E-state index in [2.05, 4.69) is 60.3 Å². The van der Waals surface area contributed by atoms with Crippen molar-refractivity contribution in [3.8, 4) is 0 Å². The second kappa shape index (κ2) is 9.55. The van der Waals surface area contributed by atoms with Crippen LogP contribution in [-0.4, -0.2) is 7.05 Å². The molecule has 2 heteroatoms. The van der Waals surface area contributed by atoms with Crippen LogP contribution in [0.5, 0.6) is 0 Å². The van der Waals surface area contributed by atoms with Crippen LogP contribution in [0.15, 0.2) is 22.7 Å². The zero-order chi connectivity index (χ0) is 14.1.